The summed E-state index contributed by atoms with van der Waals surface area (Å²) in [5, 5.41) is 6.66. The number of para-hydroxylation sites is 1. The number of benzene rings is 1. The first-order valence-electron chi connectivity index (χ1n) is 10.2. The maximum atomic E-state index is 5.97. The van der Waals surface area contributed by atoms with Crippen LogP contribution >= 0.6 is 0 Å². The quantitative estimate of drug-likeness (QED) is 0.373. The van der Waals surface area contributed by atoms with Crippen LogP contribution in [-0.2, 0) is 4.74 Å². The average molecular weight is 377 g/mol. The Labute approximate surface area is 164 Å². The summed E-state index contributed by atoms with van der Waals surface area (Å²) in [5.74, 6) is 2.29. The van der Waals surface area contributed by atoms with Crippen LogP contribution in [0.2, 0.25) is 0 Å². The van der Waals surface area contributed by atoms with Gasteiger partial charge in [0.15, 0.2) is 5.96 Å². The first kappa shape index (κ1) is 21.5. The normalized spacial score (nSPS) is 15.8. The van der Waals surface area contributed by atoms with Crippen LogP contribution in [-0.4, -0.2) is 69.9 Å². The number of morpholine rings is 1. The highest BCUT2D eigenvalue weighted by molar-refractivity contribution is 5.79. The molecule has 0 aliphatic carbocycles. The number of hydrogen-bond acceptors (Lipinski definition) is 4. The average Bonchev–Trinajstić information content (AvgIpc) is 2.69. The molecule has 1 aromatic carbocycles. The molecular formula is C21H36N4O2. The summed E-state index contributed by atoms with van der Waals surface area (Å²) in [4.78, 5) is 7.11. The van der Waals surface area contributed by atoms with Gasteiger partial charge in [0.1, 0.15) is 12.4 Å². The SMILES string of the molecule is CCNC(=NCCCN1CCOCC1)NCCOc1ccccc1C(C)C. The molecule has 0 bridgehead atoms. The smallest absolute Gasteiger partial charge is 0.191 e. The predicted octanol–water partition coefficient (Wildman–Crippen LogP) is 2.47. The minimum Gasteiger partial charge on any atom is -0.491 e. The van der Waals surface area contributed by atoms with E-state index in [0.717, 1.165) is 70.6 Å². The number of rotatable bonds is 10. The maximum Gasteiger partial charge on any atom is 0.191 e. The minimum absolute atomic E-state index is 0.458. The number of guanidine groups is 1. The Morgan fingerprint density at radius 2 is 2.00 bits per heavy atom. The van der Waals surface area contributed by atoms with Gasteiger partial charge >= 0.3 is 0 Å². The van der Waals surface area contributed by atoms with Crippen molar-refractivity contribution in [3.05, 3.63) is 29.8 Å². The molecule has 152 valence electrons. The first-order chi connectivity index (χ1) is 13.2. The number of ether oxygens (including phenoxy) is 2. The lowest BCUT2D eigenvalue weighted by atomic mass is 10.0. The van der Waals surface area contributed by atoms with E-state index in [2.05, 4.69) is 53.4 Å². The van der Waals surface area contributed by atoms with Gasteiger partial charge in [0, 0.05) is 32.7 Å². The van der Waals surface area contributed by atoms with Gasteiger partial charge in [0.25, 0.3) is 0 Å². The molecule has 0 spiro atoms. The Morgan fingerprint density at radius 3 is 2.74 bits per heavy atom. The number of nitrogens with one attached hydrogen (secondary N) is 2. The van der Waals surface area contributed by atoms with Crippen LogP contribution in [0.5, 0.6) is 5.75 Å². The lowest BCUT2D eigenvalue weighted by Gasteiger charge is -2.26. The van der Waals surface area contributed by atoms with Gasteiger partial charge in [0.05, 0.1) is 19.8 Å². The molecule has 0 unspecified atom stereocenters. The Balaban J connectivity index is 1.69. The number of nitrogens with zero attached hydrogens (tertiary/aromatic N) is 2. The lowest BCUT2D eigenvalue weighted by molar-refractivity contribution is 0.0377. The molecular weight excluding hydrogens is 340 g/mol. The highest BCUT2D eigenvalue weighted by atomic mass is 16.5. The van der Waals surface area contributed by atoms with E-state index in [1.165, 1.54) is 5.56 Å². The third kappa shape index (κ3) is 8.18. The summed E-state index contributed by atoms with van der Waals surface area (Å²) in [7, 11) is 0. The minimum atomic E-state index is 0.458. The molecule has 27 heavy (non-hydrogen) atoms. The van der Waals surface area contributed by atoms with Crippen molar-refractivity contribution in [3.63, 3.8) is 0 Å². The molecule has 2 N–H and O–H groups in total. The molecule has 0 atom stereocenters. The maximum absolute atomic E-state index is 5.97. The van der Waals surface area contributed by atoms with E-state index >= 15 is 0 Å². The molecule has 2 rings (SSSR count). The van der Waals surface area contributed by atoms with E-state index in [4.69, 9.17) is 9.47 Å². The molecule has 1 heterocycles. The molecule has 1 saturated heterocycles. The summed E-state index contributed by atoms with van der Waals surface area (Å²) >= 11 is 0. The molecule has 1 aliphatic rings. The molecule has 6 heteroatoms. The van der Waals surface area contributed by atoms with Crippen LogP contribution in [0.1, 0.15) is 38.7 Å². The zero-order valence-electron chi connectivity index (χ0n) is 17.2. The molecule has 6 nitrogen and oxygen atoms in total. The second-order valence-electron chi connectivity index (χ2n) is 7.04. The van der Waals surface area contributed by atoms with E-state index in [1.54, 1.807) is 0 Å². The van der Waals surface area contributed by atoms with Crippen molar-refractivity contribution >= 4 is 5.96 Å². The van der Waals surface area contributed by atoms with Crippen molar-refractivity contribution in [1.82, 2.24) is 15.5 Å². The fraction of sp³-hybridized carbons (Fsp3) is 0.667. The second-order valence-corrected chi connectivity index (χ2v) is 7.04. The van der Waals surface area contributed by atoms with Gasteiger partial charge in [-0.1, -0.05) is 32.0 Å². The third-order valence-electron chi connectivity index (χ3n) is 4.54. The monoisotopic (exact) mass is 376 g/mol. The summed E-state index contributed by atoms with van der Waals surface area (Å²) < 4.78 is 11.4. The Morgan fingerprint density at radius 1 is 1.22 bits per heavy atom. The number of hydrogen-bond donors (Lipinski definition) is 2. The van der Waals surface area contributed by atoms with E-state index in [0.29, 0.717) is 12.5 Å². The molecule has 0 radical (unpaired) electrons. The van der Waals surface area contributed by atoms with E-state index in [9.17, 15) is 0 Å². The van der Waals surface area contributed by atoms with Gasteiger partial charge < -0.3 is 20.1 Å². The zero-order chi connectivity index (χ0) is 19.3. The van der Waals surface area contributed by atoms with Crippen molar-refractivity contribution in [2.24, 2.45) is 4.99 Å². The van der Waals surface area contributed by atoms with Crippen LogP contribution in [0.4, 0.5) is 0 Å². The van der Waals surface area contributed by atoms with E-state index < -0.39 is 0 Å². The van der Waals surface area contributed by atoms with E-state index in [-0.39, 0.29) is 0 Å². The first-order valence-corrected chi connectivity index (χ1v) is 10.2. The third-order valence-corrected chi connectivity index (χ3v) is 4.54. The van der Waals surface area contributed by atoms with Gasteiger partial charge in [-0.05, 0) is 30.9 Å². The zero-order valence-corrected chi connectivity index (χ0v) is 17.2. The summed E-state index contributed by atoms with van der Waals surface area (Å²) in [6, 6.07) is 8.26. The van der Waals surface area contributed by atoms with Gasteiger partial charge in [-0.3, -0.25) is 9.89 Å². The lowest BCUT2D eigenvalue weighted by Crippen LogP contribution is -2.40. The summed E-state index contributed by atoms with van der Waals surface area (Å²) in [6.45, 7) is 14.3. The summed E-state index contributed by atoms with van der Waals surface area (Å²) in [5.41, 5.74) is 1.25. The van der Waals surface area contributed by atoms with Crippen molar-refractivity contribution < 1.29 is 9.47 Å². The van der Waals surface area contributed by atoms with Crippen LogP contribution < -0.4 is 15.4 Å². The Bertz CT molecular complexity index is 557. The van der Waals surface area contributed by atoms with Gasteiger partial charge in [-0.15, -0.1) is 0 Å². The van der Waals surface area contributed by atoms with E-state index in [1.807, 2.05) is 12.1 Å². The molecule has 1 aliphatic heterocycles. The fourth-order valence-electron chi connectivity index (χ4n) is 3.07. The van der Waals surface area contributed by atoms with Crippen LogP contribution in [0.25, 0.3) is 0 Å². The van der Waals surface area contributed by atoms with Crippen molar-refractivity contribution in [2.75, 3.05) is 59.1 Å². The van der Waals surface area contributed by atoms with Crippen LogP contribution in [0, 0.1) is 0 Å². The van der Waals surface area contributed by atoms with Crippen molar-refractivity contribution in [3.8, 4) is 5.75 Å². The fourth-order valence-corrected chi connectivity index (χ4v) is 3.07. The molecule has 0 amide bonds. The molecule has 0 saturated carbocycles. The number of aliphatic imine (C=N–C) groups is 1. The van der Waals surface area contributed by atoms with Crippen molar-refractivity contribution in [1.29, 1.82) is 0 Å². The standard InChI is InChI=1S/C21H36N4O2/c1-4-22-21(23-10-7-12-25-13-16-26-17-14-25)24-11-15-27-20-9-6-5-8-19(20)18(2)3/h5-6,8-9,18H,4,7,10-17H2,1-3H3,(H2,22,23,24). The predicted molar refractivity (Wildman–Crippen MR) is 112 cm³/mol. The van der Waals surface area contributed by atoms with Crippen molar-refractivity contribution in [2.45, 2.75) is 33.1 Å². The van der Waals surface area contributed by atoms with Gasteiger partial charge in [-0.25, -0.2) is 0 Å². The van der Waals surface area contributed by atoms with Gasteiger partial charge in [-0.2, -0.15) is 0 Å². The molecule has 1 aromatic rings. The van der Waals surface area contributed by atoms with Crippen LogP contribution in [0.15, 0.2) is 29.3 Å². The molecule has 1 fully saturated rings. The van der Waals surface area contributed by atoms with Crippen LogP contribution in [0.3, 0.4) is 0 Å². The Kier molecular flexibility index (Phi) is 10.0. The second kappa shape index (κ2) is 12.6. The Hall–Kier alpha value is -1.79. The highest BCUT2D eigenvalue weighted by Crippen LogP contribution is 2.25. The molecule has 0 aromatic heterocycles. The topological polar surface area (TPSA) is 58.1 Å². The van der Waals surface area contributed by atoms with Gasteiger partial charge in [0.2, 0.25) is 0 Å². The highest BCUT2D eigenvalue weighted by Gasteiger charge is 2.09. The summed E-state index contributed by atoms with van der Waals surface area (Å²) in [6.07, 6.45) is 1.06. The largest absolute Gasteiger partial charge is 0.491 e.